The first-order chi connectivity index (χ1) is 12.8. The van der Waals surface area contributed by atoms with E-state index in [4.69, 9.17) is 0 Å². The molecule has 3 fully saturated rings. The Kier molecular flexibility index (Phi) is 4.19. The maximum absolute atomic E-state index is 13.1. The number of nitrogens with one attached hydrogen (secondary N) is 4. The standard InChI is InChI=1S/C20H27N5O/c26-20(19-16-11-21-8-5-18(16)23-24-19)25-9-6-13(7-10-25)15-12-22-17-4-2-1-3-14(15)17/h1-4,12-13,16,18-19,21-24H,5-11H2. The molecule has 3 atom stereocenters. The number of aromatic amines is 1. The van der Waals surface area contributed by atoms with Gasteiger partial charge in [-0.15, -0.1) is 0 Å². The Morgan fingerprint density at radius 2 is 1.92 bits per heavy atom. The highest BCUT2D eigenvalue weighted by Crippen LogP contribution is 2.33. The predicted octanol–water partition coefficient (Wildman–Crippen LogP) is 1.33. The van der Waals surface area contributed by atoms with Crippen LogP contribution in [0.2, 0.25) is 0 Å². The van der Waals surface area contributed by atoms with Crippen LogP contribution in [0.25, 0.3) is 10.9 Å². The highest BCUT2D eigenvalue weighted by Gasteiger charge is 2.43. The zero-order valence-electron chi connectivity index (χ0n) is 15.0. The van der Waals surface area contributed by atoms with Crippen molar-refractivity contribution >= 4 is 16.8 Å². The maximum atomic E-state index is 13.1. The van der Waals surface area contributed by atoms with Gasteiger partial charge in [0.05, 0.1) is 0 Å². The van der Waals surface area contributed by atoms with E-state index in [1.807, 2.05) is 0 Å². The fraction of sp³-hybridized carbons (Fsp3) is 0.550. The largest absolute Gasteiger partial charge is 0.361 e. The molecule has 2 aromatic rings. The van der Waals surface area contributed by atoms with Gasteiger partial charge in [0, 0.05) is 48.7 Å². The second kappa shape index (κ2) is 6.68. The molecule has 6 nitrogen and oxygen atoms in total. The minimum atomic E-state index is -0.0857. The molecule has 4 N–H and O–H groups in total. The number of aromatic nitrogens is 1. The number of hydrogen-bond donors (Lipinski definition) is 4. The summed E-state index contributed by atoms with van der Waals surface area (Å²) in [5, 5.41) is 4.76. The van der Waals surface area contributed by atoms with Gasteiger partial charge in [-0.05, 0) is 43.4 Å². The smallest absolute Gasteiger partial charge is 0.241 e. The molecule has 0 aliphatic carbocycles. The first-order valence-electron chi connectivity index (χ1n) is 9.88. The Hall–Kier alpha value is -1.89. The van der Waals surface area contributed by atoms with Crippen LogP contribution >= 0.6 is 0 Å². The number of benzene rings is 1. The van der Waals surface area contributed by atoms with Crippen LogP contribution in [0.3, 0.4) is 0 Å². The number of likely N-dealkylation sites (tertiary alicyclic amines) is 1. The molecule has 5 rings (SSSR count). The molecule has 1 amide bonds. The quantitative estimate of drug-likeness (QED) is 0.657. The van der Waals surface area contributed by atoms with Gasteiger partial charge in [-0.1, -0.05) is 18.2 Å². The molecule has 0 bridgehead atoms. The van der Waals surface area contributed by atoms with E-state index in [1.54, 1.807) is 0 Å². The van der Waals surface area contributed by atoms with Crippen molar-refractivity contribution < 1.29 is 4.79 Å². The molecule has 0 radical (unpaired) electrons. The molecular formula is C20H27N5O. The van der Waals surface area contributed by atoms with Crippen molar-refractivity contribution in [2.24, 2.45) is 5.92 Å². The summed E-state index contributed by atoms with van der Waals surface area (Å²) in [5.74, 6) is 1.17. The van der Waals surface area contributed by atoms with Gasteiger partial charge in [0.2, 0.25) is 5.91 Å². The third-order valence-corrected chi connectivity index (χ3v) is 6.52. The fourth-order valence-corrected chi connectivity index (χ4v) is 5.00. The van der Waals surface area contributed by atoms with Gasteiger partial charge < -0.3 is 15.2 Å². The van der Waals surface area contributed by atoms with E-state index >= 15 is 0 Å². The summed E-state index contributed by atoms with van der Waals surface area (Å²) in [7, 11) is 0. The molecule has 6 heteroatoms. The molecule has 3 saturated heterocycles. The molecule has 0 saturated carbocycles. The van der Waals surface area contributed by atoms with Gasteiger partial charge in [0.15, 0.2) is 0 Å². The summed E-state index contributed by atoms with van der Waals surface area (Å²) in [4.78, 5) is 18.5. The Morgan fingerprint density at radius 3 is 2.81 bits per heavy atom. The Labute approximate surface area is 153 Å². The van der Waals surface area contributed by atoms with Crippen molar-refractivity contribution in [3.8, 4) is 0 Å². The van der Waals surface area contributed by atoms with Gasteiger partial charge in [0.25, 0.3) is 0 Å². The predicted molar refractivity (Wildman–Crippen MR) is 102 cm³/mol. The van der Waals surface area contributed by atoms with Crippen LogP contribution in [-0.2, 0) is 4.79 Å². The van der Waals surface area contributed by atoms with Crippen molar-refractivity contribution in [2.45, 2.75) is 37.3 Å². The van der Waals surface area contributed by atoms with E-state index in [2.05, 4.69) is 56.5 Å². The van der Waals surface area contributed by atoms with Crippen molar-refractivity contribution in [3.05, 3.63) is 36.0 Å². The van der Waals surface area contributed by atoms with Crippen molar-refractivity contribution in [1.82, 2.24) is 26.1 Å². The number of hydrogen-bond acceptors (Lipinski definition) is 4. The third kappa shape index (κ3) is 2.73. The second-order valence-electron chi connectivity index (χ2n) is 7.92. The fourth-order valence-electron chi connectivity index (χ4n) is 5.00. The first-order valence-corrected chi connectivity index (χ1v) is 9.88. The normalized spacial score (nSPS) is 29.8. The molecule has 3 aliphatic heterocycles. The van der Waals surface area contributed by atoms with Gasteiger partial charge in [-0.3, -0.25) is 10.2 Å². The number of fused-ring (bicyclic) bond motifs is 2. The topological polar surface area (TPSA) is 72.2 Å². The number of carbonyl (C=O) groups is 1. The van der Waals surface area contributed by atoms with Gasteiger partial charge in [-0.25, -0.2) is 5.43 Å². The summed E-state index contributed by atoms with van der Waals surface area (Å²) >= 11 is 0. The van der Waals surface area contributed by atoms with Crippen molar-refractivity contribution in [3.63, 3.8) is 0 Å². The summed E-state index contributed by atoms with van der Waals surface area (Å²) in [6.45, 7) is 3.66. The number of rotatable bonds is 2. The lowest BCUT2D eigenvalue weighted by molar-refractivity contribution is -0.135. The van der Waals surface area contributed by atoms with Crippen LogP contribution in [0.15, 0.2) is 30.5 Å². The lowest BCUT2D eigenvalue weighted by Crippen LogP contribution is -2.52. The molecule has 1 aromatic heterocycles. The maximum Gasteiger partial charge on any atom is 0.241 e. The van der Waals surface area contributed by atoms with E-state index in [-0.39, 0.29) is 11.9 Å². The second-order valence-corrected chi connectivity index (χ2v) is 7.92. The van der Waals surface area contributed by atoms with Crippen LogP contribution in [0.5, 0.6) is 0 Å². The number of hydrazine groups is 1. The van der Waals surface area contributed by atoms with Gasteiger partial charge >= 0.3 is 0 Å². The van der Waals surface area contributed by atoms with Crippen LogP contribution in [-0.4, -0.2) is 54.1 Å². The summed E-state index contributed by atoms with van der Waals surface area (Å²) in [5.41, 5.74) is 9.22. The van der Waals surface area contributed by atoms with E-state index in [1.165, 1.54) is 16.5 Å². The van der Waals surface area contributed by atoms with Crippen LogP contribution in [0.1, 0.15) is 30.7 Å². The Balaban J connectivity index is 1.25. The molecule has 138 valence electrons. The lowest BCUT2D eigenvalue weighted by atomic mass is 9.86. The Bertz CT molecular complexity index is 794. The minimum absolute atomic E-state index is 0.0857. The minimum Gasteiger partial charge on any atom is -0.361 e. The highest BCUT2D eigenvalue weighted by atomic mass is 16.2. The third-order valence-electron chi connectivity index (χ3n) is 6.52. The summed E-state index contributed by atoms with van der Waals surface area (Å²) in [6.07, 6.45) is 5.33. The zero-order valence-corrected chi connectivity index (χ0v) is 15.0. The summed E-state index contributed by atoms with van der Waals surface area (Å²) < 4.78 is 0. The first kappa shape index (κ1) is 16.3. The number of para-hydroxylation sites is 1. The van der Waals surface area contributed by atoms with Crippen LogP contribution < -0.4 is 16.2 Å². The average molecular weight is 353 g/mol. The molecule has 3 unspecified atom stereocenters. The summed E-state index contributed by atoms with van der Waals surface area (Å²) in [6, 6.07) is 8.84. The van der Waals surface area contributed by atoms with Crippen LogP contribution in [0.4, 0.5) is 0 Å². The molecule has 26 heavy (non-hydrogen) atoms. The number of amides is 1. The monoisotopic (exact) mass is 353 g/mol. The molecule has 0 spiro atoms. The molecular weight excluding hydrogens is 326 g/mol. The average Bonchev–Trinajstić information content (AvgIpc) is 3.32. The van der Waals surface area contributed by atoms with Crippen molar-refractivity contribution in [1.29, 1.82) is 0 Å². The van der Waals surface area contributed by atoms with E-state index < -0.39 is 0 Å². The number of carbonyl (C=O) groups excluding carboxylic acids is 1. The van der Waals surface area contributed by atoms with Gasteiger partial charge in [0.1, 0.15) is 6.04 Å². The van der Waals surface area contributed by atoms with E-state index in [0.29, 0.717) is 17.9 Å². The van der Waals surface area contributed by atoms with Crippen LogP contribution in [0, 0.1) is 5.92 Å². The number of nitrogens with zero attached hydrogens (tertiary/aromatic N) is 1. The lowest BCUT2D eigenvalue weighted by Gasteiger charge is -2.35. The Morgan fingerprint density at radius 1 is 1.08 bits per heavy atom. The SMILES string of the molecule is O=C(C1NNC2CCNCC21)N1CCC(c2c[nH]c3ccccc23)CC1. The molecule has 3 aliphatic rings. The van der Waals surface area contributed by atoms with E-state index in [9.17, 15) is 4.79 Å². The zero-order chi connectivity index (χ0) is 17.5. The molecule has 1 aromatic carbocycles. The number of H-pyrrole nitrogens is 1. The number of piperidine rings is 2. The molecule has 4 heterocycles. The van der Waals surface area contributed by atoms with Crippen molar-refractivity contribution in [2.75, 3.05) is 26.2 Å². The highest BCUT2D eigenvalue weighted by molar-refractivity contribution is 5.84. The van der Waals surface area contributed by atoms with Gasteiger partial charge in [-0.2, -0.15) is 0 Å². The van der Waals surface area contributed by atoms with E-state index in [0.717, 1.165) is 45.4 Å².